The minimum absolute atomic E-state index is 0.531. The zero-order valence-electron chi connectivity index (χ0n) is 10.1. The molecule has 0 saturated carbocycles. The highest BCUT2D eigenvalue weighted by Gasteiger charge is 2.11. The van der Waals surface area contributed by atoms with Crippen molar-refractivity contribution in [3.05, 3.63) is 36.0 Å². The van der Waals surface area contributed by atoms with E-state index in [2.05, 4.69) is 48.9 Å². The zero-order valence-corrected chi connectivity index (χ0v) is 10.1. The SMILES string of the molecule is CCC(CCN)n1cc(C)c2ccccc21. The summed E-state index contributed by atoms with van der Waals surface area (Å²) in [6, 6.07) is 9.12. The van der Waals surface area contributed by atoms with E-state index < -0.39 is 0 Å². The Balaban J connectivity index is 2.51. The average Bonchev–Trinajstić information content (AvgIpc) is 2.65. The molecule has 1 aromatic carbocycles. The largest absolute Gasteiger partial charge is 0.344 e. The Kier molecular flexibility index (Phi) is 3.30. The van der Waals surface area contributed by atoms with E-state index in [0.717, 1.165) is 19.4 Å². The predicted molar refractivity (Wildman–Crippen MR) is 69.7 cm³/mol. The average molecular weight is 216 g/mol. The number of rotatable bonds is 4. The lowest BCUT2D eigenvalue weighted by atomic mass is 10.1. The molecular formula is C14H20N2. The van der Waals surface area contributed by atoms with Crippen LogP contribution in [-0.4, -0.2) is 11.1 Å². The van der Waals surface area contributed by atoms with Crippen molar-refractivity contribution in [1.82, 2.24) is 4.57 Å². The van der Waals surface area contributed by atoms with Gasteiger partial charge in [0.25, 0.3) is 0 Å². The van der Waals surface area contributed by atoms with E-state index in [9.17, 15) is 0 Å². The molecule has 0 amide bonds. The molecular weight excluding hydrogens is 196 g/mol. The van der Waals surface area contributed by atoms with Crippen molar-refractivity contribution in [2.45, 2.75) is 32.7 Å². The standard InChI is InChI=1S/C14H20N2/c1-3-12(8-9-15)16-10-11(2)13-6-4-5-7-14(13)16/h4-7,10,12H,3,8-9,15H2,1-2H3. The summed E-state index contributed by atoms with van der Waals surface area (Å²) >= 11 is 0. The van der Waals surface area contributed by atoms with Crippen molar-refractivity contribution in [1.29, 1.82) is 0 Å². The van der Waals surface area contributed by atoms with Gasteiger partial charge in [0.1, 0.15) is 0 Å². The summed E-state index contributed by atoms with van der Waals surface area (Å²) in [5.74, 6) is 0. The molecule has 0 aliphatic carbocycles. The van der Waals surface area contributed by atoms with E-state index in [-0.39, 0.29) is 0 Å². The highest BCUT2D eigenvalue weighted by molar-refractivity contribution is 5.83. The first kappa shape index (κ1) is 11.2. The van der Waals surface area contributed by atoms with Gasteiger partial charge in [-0.3, -0.25) is 0 Å². The molecule has 1 heterocycles. The molecule has 2 nitrogen and oxygen atoms in total. The fourth-order valence-electron chi connectivity index (χ4n) is 2.41. The fraction of sp³-hybridized carbons (Fsp3) is 0.429. The number of hydrogen-bond donors (Lipinski definition) is 1. The van der Waals surface area contributed by atoms with Gasteiger partial charge in [0, 0.05) is 23.1 Å². The van der Waals surface area contributed by atoms with E-state index in [1.807, 2.05) is 0 Å². The van der Waals surface area contributed by atoms with Gasteiger partial charge in [-0.05, 0) is 37.9 Å². The molecule has 0 spiro atoms. The van der Waals surface area contributed by atoms with Crippen LogP contribution in [0.3, 0.4) is 0 Å². The van der Waals surface area contributed by atoms with Gasteiger partial charge in [-0.25, -0.2) is 0 Å². The van der Waals surface area contributed by atoms with Crippen LogP contribution in [0, 0.1) is 6.92 Å². The molecule has 0 bridgehead atoms. The summed E-state index contributed by atoms with van der Waals surface area (Å²) in [4.78, 5) is 0. The lowest BCUT2D eigenvalue weighted by Crippen LogP contribution is -2.12. The summed E-state index contributed by atoms with van der Waals surface area (Å²) in [6.45, 7) is 5.16. The van der Waals surface area contributed by atoms with Crippen LogP contribution in [0.2, 0.25) is 0 Å². The van der Waals surface area contributed by atoms with Crippen molar-refractivity contribution in [2.24, 2.45) is 5.73 Å². The number of benzene rings is 1. The molecule has 1 unspecified atom stereocenters. The van der Waals surface area contributed by atoms with Crippen molar-refractivity contribution >= 4 is 10.9 Å². The number of para-hydroxylation sites is 1. The molecule has 2 heteroatoms. The molecule has 0 radical (unpaired) electrons. The summed E-state index contributed by atoms with van der Waals surface area (Å²) in [5.41, 5.74) is 8.37. The van der Waals surface area contributed by atoms with Crippen LogP contribution in [0.25, 0.3) is 10.9 Å². The molecule has 0 aliphatic rings. The highest BCUT2D eigenvalue weighted by Crippen LogP contribution is 2.26. The number of aromatic nitrogens is 1. The molecule has 86 valence electrons. The van der Waals surface area contributed by atoms with Gasteiger partial charge in [-0.1, -0.05) is 25.1 Å². The second-order valence-corrected chi connectivity index (χ2v) is 4.38. The molecule has 1 atom stereocenters. The lowest BCUT2D eigenvalue weighted by molar-refractivity contribution is 0.471. The summed E-state index contributed by atoms with van der Waals surface area (Å²) < 4.78 is 2.39. The summed E-state index contributed by atoms with van der Waals surface area (Å²) in [6.07, 6.45) is 4.44. The Morgan fingerprint density at radius 3 is 2.75 bits per heavy atom. The molecule has 2 aromatic rings. The fourth-order valence-corrected chi connectivity index (χ4v) is 2.41. The first-order chi connectivity index (χ1) is 7.77. The third-order valence-corrected chi connectivity index (χ3v) is 3.30. The Hall–Kier alpha value is -1.28. The van der Waals surface area contributed by atoms with Crippen LogP contribution < -0.4 is 5.73 Å². The minimum Gasteiger partial charge on any atom is -0.344 e. The molecule has 0 saturated heterocycles. The van der Waals surface area contributed by atoms with Crippen LogP contribution in [0.4, 0.5) is 0 Å². The summed E-state index contributed by atoms with van der Waals surface area (Å²) in [7, 11) is 0. The van der Waals surface area contributed by atoms with Crippen LogP contribution in [-0.2, 0) is 0 Å². The van der Waals surface area contributed by atoms with Gasteiger partial charge in [0.15, 0.2) is 0 Å². The molecule has 0 fully saturated rings. The van der Waals surface area contributed by atoms with Crippen LogP contribution >= 0.6 is 0 Å². The second-order valence-electron chi connectivity index (χ2n) is 4.38. The lowest BCUT2D eigenvalue weighted by Gasteiger charge is -2.17. The predicted octanol–water partition coefficient (Wildman–Crippen LogP) is 3.25. The van der Waals surface area contributed by atoms with Gasteiger partial charge in [-0.2, -0.15) is 0 Å². The van der Waals surface area contributed by atoms with E-state index in [4.69, 9.17) is 5.73 Å². The van der Waals surface area contributed by atoms with Crippen molar-refractivity contribution in [3.63, 3.8) is 0 Å². The molecule has 1 aromatic heterocycles. The number of aryl methyl sites for hydroxylation is 1. The quantitative estimate of drug-likeness (QED) is 0.835. The number of fused-ring (bicyclic) bond motifs is 1. The molecule has 0 aliphatic heterocycles. The zero-order chi connectivity index (χ0) is 11.5. The number of hydrogen-bond acceptors (Lipinski definition) is 1. The normalized spacial score (nSPS) is 13.2. The Bertz CT molecular complexity index is 471. The minimum atomic E-state index is 0.531. The first-order valence-corrected chi connectivity index (χ1v) is 6.04. The van der Waals surface area contributed by atoms with Gasteiger partial charge in [0.2, 0.25) is 0 Å². The van der Waals surface area contributed by atoms with Crippen LogP contribution in [0.1, 0.15) is 31.4 Å². The van der Waals surface area contributed by atoms with Crippen molar-refractivity contribution < 1.29 is 0 Å². The van der Waals surface area contributed by atoms with E-state index in [0.29, 0.717) is 6.04 Å². The third-order valence-electron chi connectivity index (χ3n) is 3.30. The van der Waals surface area contributed by atoms with Gasteiger partial charge < -0.3 is 10.3 Å². The molecule has 2 N–H and O–H groups in total. The smallest absolute Gasteiger partial charge is 0.0485 e. The second kappa shape index (κ2) is 4.71. The van der Waals surface area contributed by atoms with Gasteiger partial charge >= 0.3 is 0 Å². The number of nitrogens with zero attached hydrogens (tertiary/aromatic N) is 1. The van der Waals surface area contributed by atoms with E-state index in [1.54, 1.807) is 0 Å². The van der Waals surface area contributed by atoms with Crippen LogP contribution in [0.15, 0.2) is 30.5 Å². The topological polar surface area (TPSA) is 30.9 Å². The van der Waals surface area contributed by atoms with Gasteiger partial charge in [-0.15, -0.1) is 0 Å². The van der Waals surface area contributed by atoms with Crippen molar-refractivity contribution in [2.75, 3.05) is 6.54 Å². The molecule has 16 heavy (non-hydrogen) atoms. The van der Waals surface area contributed by atoms with E-state index in [1.165, 1.54) is 16.5 Å². The van der Waals surface area contributed by atoms with Crippen molar-refractivity contribution in [3.8, 4) is 0 Å². The Morgan fingerprint density at radius 1 is 1.31 bits per heavy atom. The third kappa shape index (κ3) is 1.85. The van der Waals surface area contributed by atoms with Gasteiger partial charge in [0.05, 0.1) is 0 Å². The monoisotopic (exact) mass is 216 g/mol. The summed E-state index contributed by atoms with van der Waals surface area (Å²) in [5, 5.41) is 1.36. The maximum atomic E-state index is 5.68. The maximum Gasteiger partial charge on any atom is 0.0485 e. The Morgan fingerprint density at radius 2 is 2.06 bits per heavy atom. The number of nitrogens with two attached hydrogens (primary N) is 1. The maximum absolute atomic E-state index is 5.68. The first-order valence-electron chi connectivity index (χ1n) is 6.04. The highest BCUT2D eigenvalue weighted by atomic mass is 15.0. The van der Waals surface area contributed by atoms with Crippen LogP contribution in [0.5, 0.6) is 0 Å². The Labute approximate surface area is 97.1 Å². The van der Waals surface area contributed by atoms with E-state index >= 15 is 0 Å². The molecule has 2 rings (SSSR count).